The number of benzene rings is 3. The molecule has 0 saturated carbocycles. The molecule has 37 heavy (non-hydrogen) atoms. The molecule has 0 unspecified atom stereocenters. The van der Waals surface area contributed by atoms with E-state index < -0.39 is 39.7 Å². The predicted molar refractivity (Wildman–Crippen MR) is 138 cm³/mol. The lowest BCUT2D eigenvalue weighted by Crippen LogP contribution is -2.53. The lowest BCUT2D eigenvalue weighted by atomic mass is 9.68. The monoisotopic (exact) mass is 518 g/mol. The van der Waals surface area contributed by atoms with Gasteiger partial charge >= 0.3 is 16.3 Å². The lowest BCUT2D eigenvalue weighted by molar-refractivity contribution is -0.142. The van der Waals surface area contributed by atoms with Crippen LogP contribution in [-0.2, 0) is 40.8 Å². The number of ether oxygens (including phenoxy) is 1. The minimum atomic E-state index is -4.26. The minimum Gasteiger partial charge on any atom is -0.463 e. The van der Waals surface area contributed by atoms with Crippen LogP contribution in [0.1, 0.15) is 29.7 Å². The molecule has 0 aliphatic carbocycles. The van der Waals surface area contributed by atoms with Gasteiger partial charge < -0.3 is 9.64 Å². The van der Waals surface area contributed by atoms with Crippen molar-refractivity contribution in [3.8, 4) is 0 Å². The highest BCUT2D eigenvalue weighted by molar-refractivity contribution is 7.85. The summed E-state index contributed by atoms with van der Waals surface area (Å²) >= 11 is 0. The Balaban J connectivity index is 1.74. The standard InChI is InChI=1S/C28H26N2O6S/c1-3-35-26(31)19(2)28(25-24(29-37(33,34)36-25)21-14-8-5-9-15-21)22-16-10-11-17-23(22)30(27(28)32)18-20-12-6-4-7-13-20/h4-17,24-25,29H,2-3,18H2,1H3/t24-,25-,28-/m1/s1. The third-order valence-electron chi connectivity index (χ3n) is 6.77. The van der Waals surface area contributed by atoms with E-state index in [1.165, 1.54) is 0 Å². The molecule has 9 heteroatoms. The third-order valence-corrected chi connectivity index (χ3v) is 7.78. The van der Waals surface area contributed by atoms with Gasteiger partial charge in [0.2, 0.25) is 5.91 Å². The number of carbonyl (C=O) groups excluding carboxylic acids is 2. The van der Waals surface area contributed by atoms with Crippen LogP contribution in [0.15, 0.2) is 97.1 Å². The molecule has 2 heterocycles. The quantitative estimate of drug-likeness (QED) is 0.379. The van der Waals surface area contributed by atoms with Crippen molar-refractivity contribution in [1.29, 1.82) is 0 Å². The zero-order valence-corrected chi connectivity index (χ0v) is 21.0. The van der Waals surface area contributed by atoms with Crippen molar-refractivity contribution in [2.24, 2.45) is 0 Å². The minimum absolute atomic E-state index is 0.0572. The molecule has 3 aromatic carbocycles. The Labute approximate surface area is 215 Å². The topological polar surface area (TPSA) is 102 Å². The van der Waals surface area contributed by atoms with Crippen molar-refractivity contribution in [3.63, 3.8) is 0 Å². The number of hydrogen-bond acceptors (Lipinski definition) is 6. The Morgan fingerprint density at radius 1 is 1.03 bits per heavy atom. The smallest absolute Gasteiger partial charge is 0.336 e. The fourth-order valence-corrected chi connectivity index (χ4v) is 6.34. The number of nitrogens with one attached hydrogen (secondary N) is 1. The van der Waals surface area contributed by atoms with Crippen LogP contribution in [0.25, 0.3) is 0 Å². The Morgan fingerprint density at radius 2 is 1.65 bits per heavy atom. The second-order valence-corrected chi connectivity index (χ2v) is 10.2. The average Bonchev–Trinajstić information content (AvgIpc) is 3.36. The molecule has 3 aromatic rings. The number of carbonyl (C=O) groups is 2. The van der Waals surface area contributed by atoms with Crippen molar-refractivity contribution in [2.45, 2.75) is 31.0 Å². The fourth-order valence-electron chi connectivity index (χ4n) is 5.18. The molecule has 0 bridgehead atoms. The summed E-state index contributed by atoms with van der Waals surface area (Å²) in [4.78, 5) is 29.3. The first-order valence-electron chi connectivity index (χ1n) is 11.9. The Bertz CT molecular complexity index is 1460. The van der Waals surface area contributed by atoms with E-state index in [1.54, 1.807) is 66.4 Å². The van der Waals surface area contributed by atoms with Crippen LogP contribution in [0.2, 0.25) is 0 Å². The van der Waals surface area contributed by atoms with Crippen LogP contribution < -0.4 is 9.62 Å². The number of fused-ring (bicyclic) bond motifs is 1. The molecule has 8 nitrogen and oxygen atoms in total. The molecule has 1 N–H and O–H groups in total. The SMILES string of the molecule is C=C(C(=O)OCC)[C@@]1([C@@H]2OS(=O)(=O)N[C@@H]2c2ccccc2)C(=O)N(Cc2ccccc2)c2ccccc21. The van der Waals surface area contributed by atoms with Crippen molar-refractivity contribution in [1.82, 2.24) is 4.72 Å². The fraction of sp³-hybridized carbons (Fsp3) is 0.214. The van der Waals surface area contributed by atoms with E-state index in [2.05, 4.69) is 11.3 Å². The Hall–Kier alpha value is -3.79. The first-order valence-corrected chi connectivity index (χ1v) is 13.3. The predicted octanol–water partition coefficient (Wildman–Crippen LogP) is 3.57. The van der Waals surface area contributed by atoms with Crippen molar-refractivity contribution in [3.05, 3.63) is 114 Å². The molecule has 1 fully saturated rings. The molecule has 0 spiro atoms. The number of esters is 1. The maximum Gasteiger partial charge on any atom is 0.336 e. The van der Waals surface area contributed by atoms with E-state index in [4.69, 9.17) is 8.92 Å². The molecule has 2 aliphatic rings. The van der Waals surface area contributed by atoms with Gasteiger partial charge in [0, 0.05) is 5.69 Å². The van der Waals surface area contributed by atoms with E-state index in [1.807, 2.05) is 30.3 Å². The van der Waals surface area contributed by atoms with Gasteiger partial charge in [-0.25, -0.2) is 4.79 Å². The zero-order valence-electron chi connectivity index (χ0n) is 20.2. The Morgan fingerprint density at radius 3 is 2.32 bits per heavy atom. The van der Waals surface area contributed by atoms with E-state index in [9.17, 15) is 18.0 Å². The van der Waals surface area contributed by atoms with Crippen LogP contribution in [0.5, 0.6) is 0 Å². The molecule has 1 saturated heterocycles. The van der Waals surface area contributed by atoms with Gasteiger partial charge in [-0.15, -0.1) is 0 Å². The van der Waals surface area contributed by atoms with Gasteiger partial charge in [-0.2, -0.15) is 13.1 Å². The Kier molecular flexibility index (Phi) is 6.45. The van der Waals surface area contributed by atoms with Crippen molar-refractivity contribution in [2.75, 3.05) is 11.5 Å². The highest BCUT2D eigenvalue weighted by Gasteiger charge is 2.65. The summed E-state index contributed by atoms with van der Waals surface area (Å²) in [6, 6.07) is 24.2. The molecular formula is C28H26N2O6S. The molecule has 0 radical (unpaired) electrons. The number of rotatable bonds is 7. The average molecular weight is 519 g/mol. The second-order valence-electron chi connectivity index (χ2n) is 8.88. The highest BCUT2D eigenvalue weighted by Crippen LogP contribution is 2.54. The lowest BCUT2D eigenvalue weighted by Gasteiger charge is -2.36. The molecule has 190 valence electrons. The normalized spacial score (nSPS) is 24.0. The summed E-state index contributed by atoms with van der Waals surface area (Å²) in [6.07, 6.45) is -1.34. The highest BCUT2D eigenvalue weighted by atomic mass is 32.2. The summed E-state index contributed by atoms with van der Waals surface area (Å²) in [7, 11) is -4.26. The first kappa shape index (κ1) is 24.9. The van der Waals surface area contributed by atoms with Gasteiger partial charge in [-0.1, -0.05) is 85.4 Å². The summed E-state index contributed by atoms with van der Waals surface area (Å²) in [5, 5.41) is 0. The summed E-state index contributed by atoms with van der Waals surface area (Å²) in [5.41, 5.74) is 0.360. The zero-order chi connectivity index (χ0) is 26.2. The first-order chi connectivity index (χ1) is 17.8. The number of hydrogen-bond donors (Lipinski definition) is 1. The van der Waals surface area contributed by atoms with Crippen LogP contribution in [0, 0.1) is 0 Å². The third kappa shape index (κ3) is 4.15. The van der Waals surface area contributed by atoms with Crippen molar-refractivity contribution < 1.29 is 26.9 Å². The van der Waals surface area contributed by atoms with Gasteiger partial charge in [0.15, 0.2) is 0 Å². The van der Waals surface area contributed by atoms with Gasteiger partial charge in [-0.05, 0) is 29.7 Å². The molecule has 5 rings (SSSR count). The summed E-state index contributed by atoms with van der Waals surface area (Å²) in [5.74, 6) is -1.31. The number of nitrogens with zero attached hydrogens (tertiary/aromatic N) is 1. The second kappa shape index (κ2) is 9.59. The number of para-hydroxylation sites is 1. The van der Waals surface area contributed by atoms with Crippen LogP contribution in [0.4, 0.5) is 5.69 Å². The maximum atomic E-state index is 14.6. The van der Waals surface area contributed by atoms with Crippen LogP contribution >= 0.6 is 0 Å². The largest absolute Gasteiger partial charge is 0.463 e. The van der Waals surface area contributed by atoms with Gasteiger partial charge in [-0.3, -0.25) is 8.98 Å². The van der Waals surface area contributed by atoms with Gasteiger partial charge in [0.05, 0.1) is 24.8 Å². The number of anilines is 1. The van der Waals surface area contributed by atoms with Gasteiger partial charge in [0.1, 0.15) is 11.5 Å². The molecule has 0 aromatic heterocycles. The van der Waals surface area contributed by atoms with Crippen LogP contribution in [-0.4, -0.2) is 33.0 Å². The summed E-state index contributed by atoms with van der Waals surface area (Å²) in [6.45, 7) is 5.92. The number of amides is 1. The molecular weight excluding hydrogens is 492 g/mol. The molecule has 3 atom stereocenters. The maximum absolute atomic E-state index is 14.6. The van der Waals surface area contributed by atoms with Crippen LogP contribution in [0.3, 0.4) is 0 Å². The van der Waals surface area contributed by atoms with E-state index in [0.29, 0.717) is 16.8 Å². The molecule has 2 aliphatic heterocycles. The van der Waals surface area contributed by atoms with E-state index >= 15 is 0 Å². The van der Waals surface area contributed by atoms with Crippen molar-refractivity contribution >= 4 is 27.9 Å². The van der Waals surface area contributed by atoms with E-state index in [-0.39, 0.29) is 18.7 Å². The molecule has 1 amide bonds. The van der Waals surface area contributed by atoms with Gasteiger partial charge in [0.25, 0.3) is 0 Å². The summed E-state index contributed by atoms with van der Waals surface area (Å²) < 4.78 is 39.1. The van der Waals surface area contributed by atoms with E-state index in [0.717, 1.165) is 5.56 Å².